The molecule has 3 rings (SSSR count). The van der Waals surface area contributed by atoms with E-state index in [1.807, 2.05) is 43.5 Å². The first kappa shape index (κ1) is 24.4. The van der Waals surface area contributed by atoms with Crippen molar-refractivity contribution in [2.45, 2.75) is 50.6 Å². The van der Waals surface area contributed by atoms with Crippen molar-refractivity contribution in [2.75, 3.05) is 11.9 Å². The number of amides is 2. The van der Waals surface area contributed by atoms with E-state index in [4.69, 9.17) is 0 Å². The lowest BCUT2D eigenvalue weighted by Crippen LogP contribution is -2.26. The van der Waals surface area contributed by atoms with E-state index in [9.17, 15) is 14.0 Å². The number of thioether (sulfide) groups is 1. The van der Waals surface area contributed by atoms with Gasteiger partial charge in [0, 0.05) is 30.8 Å². The van der Waals surface area contributed by atoms with Crippen LogP contribution in [-0.4, -0.2) is 38.4 Å². The van der Waals surface area contributed by atoms with Gasteiger partial charge in [-0.15, -0.1) is 10.2 Å². The molecule has 7 nitrogen and oxygen atoms in total. The van der Waals surface area contributed by atoms with Gasteiger partial charge in [0.05, 0.1) is 5.25 Å². The van der Waals surface area contributed by atoms with E-state index in [-0.39, 0.29) is 22.9 Å². The van der Waals surface area contributed by atoms with Gasteiger partial charge in [-0.1, -0.05) is 36.4 Å². The lowest BCUT2D eigenvalue weighted by Gasteiger charge is -2.15. The van der Waals surface area contributed by atoms with Crippen molar-refractivity contribution >= 4 is 29.3 Å². The molecule has 0 saturated heterocycles. The second kappa shape index (κ2) is 11.6. The fourth-order valence-corrected chi connectivity index (χ4v) is 4.33. The van der Waals surface area contributed by atoms with Crippen molar-refractivity contribution in [3.05, 3.63) is 71.3 Å². The number of carbonyl (C=O) groups excluding carboxylic acids is 2. The highest BCUT2D eigenvalue weighted by Crippen LogP contribution is 2.26. The molecule has 0 saturated carbocycles. The Morgan fingerprint density at radius 1 is 1.12 bits per heavy atom. The molecule has 1 unspecified atom stereocenters. The molecule has 33 heavy (non-hydrogen) atoms. The SMILES string of the molecule is CCC(Sc1nnc(CCNC(=O)c2cccc(C)c2)n1CC)C(=O)Nc1ccc(F)cc1. The van der Waals surface area contributed by atoms with Crippen molar-refractivity contribution in [2.24, 2.45) is 0 Å². The highest BCUT2D eigenvalue weighted by atomic mass is 32.2. The Balaban J connectivity index is 1.59. The minimum absolute atomic E-state index is 0.126. The average Bonchev–Trinajstić information content (AvgIpc) is 3.20. The summed E-state index contributed by atoms with van der Waals surface area (Å²) in [5.74, 6) is 0.0949. The average molecular weight is 470 g/mol. The summed E-state index contributed by atoms with van der Waals surface area (Å²) in [4.78, 5) is 25.1. The first-order chi connectivity index (χ1) is 15.9. The Bertz CT molecular complexity index is 1100. The third-order valence-corrected chi connectivity index (χ3v) is 6.39. The Hall–Kier alpha value is -3.20. The number of benzene rings is 2. The normalized spacial score (nSPS) is 11.8. The van der Waals surface area contributed by atoms with Crippen LogP contribution in [0.1, 0.15) is 42.0 Å². The highest BCUT2D eigenvalue weighted by Gasteiger charge is 2.22. The van der Waals surface area contributed by atoms with Crippen molar-refractivity contribution in [3.63, 3.8) is 0 Å². The monoisotopic (exact) mass is 469 g/mol. The Labute approximate surface area is 197 Å². The number of aromatic nitrogens is 3. The first-order valence-electron chi connectivity index (χ1n) is 10.9. The van der Waals surface area contributed by atoms with Gasteiger partial charge in [-0.25, -0.2) is 4.39 Å². The van der Waals surface area contributed by atoms with Crippen LogP contribution in [0.5, 0.6) is 0 Å². The fourth-order valence-electron chi connectivity index (χ4n) is 3.29. The predicted molar refractivity (Wildman–Crippen MR) is 128 cm³/mol. The van der Waals surface area contributed by atoms with Gasteiger partial charge in [-0.05, 0) is 56.7 Å². The number of carbonyl (C=O) groups is 2. The number of hydrogen-bond donors (Lipinski definition) is 2. The number of nitrogens with one attached hydrogen (secondary N) is 2. The number of anilines is 1. The van der Waals surface area contributed by atoms with E-state index >= 15 is 0 Å². The molecule has 1 heterocycles. The van der Waals surface area contributed by atoms with Gasteiger partial charge in [0.2, 0.25) is 5.91 Å². The molecule has 0 fully saturated rings. The molecule has 0 bridgehead atoms. The summed E-state index contributed by atoms with van der Waals surface area (Å²) in [7, 11) is 0. The van der Waals surface area contributed by atoms with Crippen LogP contribution in [0.15, 0.2) is 53.7 Å². The van der Waals surface area contributed by atoms with E-state index < -0.39 is 0 Å². The van der Waals surface area contributed by atoms with Gasteiger partial charge in [0.1, 0.15) is 11.6 Å². The van der Waals surface area contributed by atoms with Crippen LogP contribution in [-0.2, 0) is 17.8 Å². The van der Waals surface area contributed by atoms with E-state index in [0.29, 0.717) is 42.3 Å². The number of rotatable bonds is 10. The highest BCUT2D eigenvalue weighted by molar-refractivity contribution is 8.00. The van der Waals surface area contributed by atoms with Gasteiger partial charge in [0.15, 0.2) is 5.16 Å². The molecule has 174 valence electrons. The van der Waals surface area contributed by atoms with Gasteiger partial charge < -0.3 is 15.2 Å². The maximum absolute atomic E-state index is 13.1. The summed E-state index contributed by atoms with van der Waals surface area (Å²) in [5, 5.41) is 14.6. The van der Waals surface area contributed by atoms with Crippen molar-refractivity contribution in [3.8, 4) is 0 Å². The molecule has 9 heteroatoms. The van der Waals surface area contributed by atoms with Crippen molar-refractivity contribution in [1.82, 2.24) is 20.1 Å². The molecule has 0 aliphatic carbocycles. The molecule has 1 atom stereocenters. The Morgan fingerprint density at radius 2 is 1.88 bits per heavy atom. The molecule has 0 aliphatic rings. The summed E-state index contributed by atoms with van der Waals surface area (Å²) in [6.45, 7) is 6.94. The molecule has 2 N–H and O–H groups in total. The molecule has 2 amide bonds. The maximum atomic E-state index is 13.1. The molecule has 0 aliphatic heterocycles. The van der Waals surface area contributed by atoms with Crippen LogP contribution in [0.2, 0.25) is 0 Å². The van der Waals surface area contributed by atoms with Gasteiger partial charge in [-0.2, -0.15) is 0 Å². The van der Waals surface area contributed by atoms with Crippen LogP contribution in [0.25, 0.3) is 0 Å². The van der Waals surface area contributed by atoms with Crippen LogP contribution >= 0.6 is 11.8 Å². The zero-order chi connectivity index (χ0) is 23.8. The van der Waals surface area contributed by atoms with E-state index in [0.717, 1.165) is 11.4 Å². The maximum Gasteiger partial charge on any atom is 0.251 e. The van der Waals surface area contributed by atoms with Crippen LogP contribution in [0, 0.1) is 12.7 Å². The number of nitrogens with zero attached hydrogens (tertiary/aromatic N) is 3. The zero-order valence-electron chi connectivity index (χ0n) is 19.0. The molecule has 0 spiro atoms. The summed E-state index contributed by atoms with van der Waals surface area (Å²) in [6, 6.07) is 13.1. The molecule has 0 radical (unpaired) electrons. The summed E-state index contributed by atoms with van der Waals surface area (Å²) in [5.41, 5.74) is 2.20. The molecular weight excluding hydrogens is 441 g/mol. The fraction of sp³-hybridized carbons (Fsp3) is 0.333. The smallest absolute Gasteiger partial charge is 0.251 e. The van der Waals surface area contributed by atoms with Crippen LogP contribution in [0.4, 0.5) is 10.1 Å². The van der Waals surface area contributed by atoms with E-state index in [1.54, 1.807) is 6.07 Å². The molecule has 2 aromatic carbocycles. The minimum Gasteiger partial charge on any atom is -0.352 e. The van der Waals surface area contributed by atoms with Gasteiger partial charge in [0.25, 0.3) is 5.91 Å². The Kier molecular flexibility index (Phi) is 8.59. The van der Waals surface area contributed by atoms with Crippen LogP contribution < -0.4 is 10.6 Å². The largest absolute Gasteiger partial charge is 0.352 e. The predicted octanol–water partition coefficient (Wildman–Crippen LogP) is 4.23. The van der Waals surface area contributed by atoms with E-state index in [2.05, 4.69) is 20.8 Å². The number of hydrogen-bond acceptors (Lipinski definition) is 5. The number of aryl methyl sites for hydroxylation is 1. The molecule has 1 aromatic heterocycles. The summed E-state index contributed by atoms with van der Waals surface area (Å²) >= 11 is 1.35. The lowest BCUT2D eigenvalue weighted by atomic mass is 10.1. The summed E-state index contributed by atoms with van der Waals surface area (Å²) in [6.07, 6.45) is 1.12. The first-order valence-corrected chi connectivity index (χ1v) is 11.8. The minimum atomic E-state index is -0.376. The second-order valence-electron chi connectivity index (χ2n) is 7.53. The van der Waals surface area contributed by atoms with Crippen molar-refractivity contribution in [1.29, 1.82) is 0 Å². The standard InChI is InChI=1S/C24H28FN5O2S/c1-4-20(23(32)27-19-11-9-18(25)10-12-19)33-24-29-28-21(30(24)5-2)13-14-26-22(31)17-8-6-7-16(3)15-17/h6-12,15,20H,4-5,13-14H2,1-3H3,(H,26,31)(H,27,32). The number of halogens is 1. The lowest BCUT2D eigenvalue weighted by molar-refractivity contribution is -0.115. The third-order valence-electron chi connectivity index (χ3n) is 5.05. The molecular formula is C24H28FN5O2S. The van der Waals surface area contributed by atoms with E-state index in [1.165, 1.54) is 36.0 Å². The third kappa shape index (κ3) is 6.64. The Morgan fingerprint density at radius 3 is 2.55 bits per heavy atom. The van der Waals surface area contributed by atoms with Crippen LogP contribution in [0.3, 0.4) is 0 Å². The quantitative estimate of drug-likeness (QED) is 0.434. The van der Waals surface area contributed by atoms with Crippen molar-refractivity contribution < 1.29 is 14.0 Å². The zero-order valence-corrected chi connectivity index (χ0v) is 19.8. The van der Waals surface area contributed by atoms with Gasteiger partial charge >= 0.3 is 0 Å². The topological polar surface area (TPSA) is 88.9 Å². The summed E-state index contributed by atoms with van der Waals surface area (Å²) < 4.78 is 15.1. The second-order valence-corrected chi connectivity index (χ2v) is 8.70. The van der Waals surface area contributed by atoms with Gasteiger partial charge in [-0.3, -0.25) is 9.59 Å². The molecule has 3 aromatic rings.